The highest BCUT2D eigenvalue weighted by Gasteiger charge is 2.29. The molecule has 0 spiro atoms. The molecular weight excluding hydrogens is 222 g/mol. The maximum absolute atomic E-state index is 10.0. The number of likely N-dealkylation sites (tertiary alicyclic amines) is 1. The second kappa shape index (κ2) is 5.41. The molecule has 0 saturated carbocycles. The number of aliphatic hydroxyl groups is 1. The van der Waals surface area contributed by atoms with Crippen LogP contribution < -0.4 is 0 Å². The van der Waals surface area contributed by atoms with Crippen molar-refractivity contribution >= 4 is 0 Å². The van der Waals surface area contributed by atoms with Gasteiger partial charge in [0.15, 0.2) is 0 Å². The van der Waals surface area contributed by atoms with E-state index in [4.69, 9.17) is 0 Å². The van der Waals surface area contributed by atoms with Crippen LogP contribution in [-0.4, -0.2) is 35.7 Å². The Morgan fingerprint density at radius 2 is 1.83 bits per heavy atom. The molecule has 18 heavy (non-hydrogen) atoms. The summed E-state index contributed by atoms with van der Waals surface area (Å²) in [5.74, 6) is 0.660. The highest BCUT2D eigenvalue weighted by atomic mass is 16.3. The molecule has 0 aliphatic carbocycles. The Kier molecular flexibility index (Phi) is 4.08. The predicted molar refractivity (Wildman–Crippen MR) is 75.7 cm³/mol. The standard InChI is InChI=1S/C16H25NO/c1-16(2,3)9-15(18)12-17-10-14(11-17)13-7-5-4-6-8-13/h4-8,14-15,18H,9-12H2,1-3H3. The Morgan fingerprint density at radius 1 is 1.22 bits per heavy atom. The molecule has 1 atom stereocenters. The fraction of sp³-hybridized carbons (Fsp3) is 0.625. The van der Waals surface area contributed by atoms with Gasteiger partial charge in [-0.05, 0) is 17.4 Å². The first kappa shape index (κ1) is 13.6. The normalized spacial score (nSPS) is 19.6. The van der Waals surface area contributed by atoms with E-state index in [0.29, 0.717) is 5.92 Å². The van der Waals surface area contributed by atoms with E-state index in [1.165, 1.54) is 5.56 Å². The number of hydrogen-bond acceptors (Lipinski definition) is 2. The van der Waals surface area contributed by atoms with Crippen molar-refractivity contribution in [3.05, 3.63) is 35.9 Å². The molecule has 1 aromatic rings. The molecule has 100 valence electrons. The Labute approximate surface area is 111 Å². The van der Waals surface area contributed by atoms with Gasteiger partial charge in [-0.25, -0.2) is 0 Å². The predicted octanol–water partition coefficient (Wildman–Crippen LogP) is 2.88. The van der Waals surface area contributed by atoms with Crippen LogP contribution in [0.3, 0.4) is 0 Å². The van der Waals surface area contributed by atoms with Crippen molar-refractivity contribution in [2.75, 3.05) is 19.6 Å². The van der Waals surface area contributed by atoms with Crippen LogP contribution in [0.15, 0.2) is 30.3 Å². The highest BCUT2D eigenvalue weighted by Crippen LogP contribution is 2.28. The van der Waals surface area contributed by atoms with E-state index in [1.54, 1.807) is 0 Å². The van der Waals surface area contributed by atoms with Gasteiger partial charge in [-0.1, -0.05) is 51.1 Å². The van der Waals surface area contributed by atoms with E-state index in [2.05, 4.69) is 56.0 Å². The first-order chi connectivity index (χ1) is 8.44. The number of β-amino-alcohol motifs (C(OH)–C–C–N with tert-alkyl or cyclic N) is 1. The molecule has 1 heterocycles. The van der Waals surface area contributed by atoms with Gasteiger partial charge >= 0.3 is 0 Å². The first-order valence-electron chi connectivity index (χ1n) is 6.89. The minimum Gasteiger partial charge on any atom is -0.392 e. The molecule has 1 N–H and O–H groups in total. The average molecular weight is 247 g/mol. The van der Waals surface area contributed by atoms with Crippen LogP contribution in [0, 0.1) is 5.41 Å². The molecule has 1 aromatic carbocycles. The molecule has 1 aliphatic heterocycles. The lowest BCUT2D eigenvalue weighted by atomic mass is 9.87. The molecule has 0 bridgehead atoms. The van der Waals surface area contributed by atoms with E-state index in [-0.39, 0.29) is 11.5 Å². The van der Waals surface area contributed by atoms with Crippen molar-refractivity contribution in [1.29, 1.82) is 0 Å². The Morgan fingerprint density at radius 3 is 2.39 bits per heavy atom. The van der Waals surface area contributed by atoms with Crippen molar-refractivity contribution < 1.29 is 5.11 Å². The summed E-state index contributed by atoms with van der Waals surface area (Å²) in [6, 6.07) is 10.7. The fourth-order valence-corrected chi connectivity index (χ4v) is 2.72. The van der Waals surface area contributed by atoms with Crippen LogP contribution in [0.2, 0.25) is 0 Å². The largest absolute Gasteiger partial charge is 0.392 e. The SMILES string of the molecule is CC(C)(C)CC(O)CN1CC(c2ccccc2)C1. The molecule has 0 amide bonds. The molecule has 1 fully saturated rings. The summed E-state index contributed by atoms with van der Waals surface area (Å²) in [5, 5.41) is 10.0. The van der Waals surface area contributed by atoms with Gasteiger partial charge in [-0.15, -0.1) is 0 Å². The van der Waals surface area contributed by atoms with Gasteiger partial charge in [0, 0.05) is 25.6 Å². The van der Waals surface area contributed by atoms with E-state index in [9.17, 15) is 5.11 Å². The molecule has 0 aromatic heterocycles. The lowest BCUT2D eigenvalue weighted by molar-refractivity contribution is 0.0426. The van der Waals surface area contributed by atoms with Gasteiger partial charge in [-0.3, -0.25) is 4.90 Å². The van der Waals surface area contributed by atoms with Crippen molar-refractivity contribution in [1.82, 2.24) is 4.90 Å². The lowest BCUT2D eigenvalue weighted by Gasteiger charge is -2.41. The quantitative estimate of drug-likeness (QED) is 0.884. The zero-order valence-corrected chi connectivity index (χ0v) is 11.8. The Bertz CT molecular complexity index is 362. The first-order valence-corrected chi connectivity index (χ1v) is 6.89. The molecule has 1 aliphatic rings. The number of benzene rings is 1. The van der Waals surface area contributed by atoms with Crippen molar-refractivity contribution in [2.24, 2.45) is 5.41 Å². The second-order valence-electron chi connectivity index (χ2n) is 6.74. The van der Waals surface area contributed by atoms with Crippen LogP contribution >= 0.6 is 0 Å². The number of aliphatic hydroxyl groups excluding tert-OH is 1. The van der Waals surface area contributed by atoms with Gasteiger partial charge < -0.3 is 5.11 Å². The Balaban J connectivity index is 1.73. The summed E-state index contributed by atoms with van der Waals surface area (Å²) >= 11 is 0. The topological polar surface area (TPSA) is 23.5 Å². The van der Waals surface area contributed by atoms with Crippen LogP contribution in [0.1, 0.15) is 38.7 Å². The summed E-state index contributed by atoms with van der Waals surface area (Å²) in [5.41, 5.74) is 1.64. The van der Waals surface area contributed by atoms with E-state index in [1.807, 2.05) is 0 Å². The summed E-state index contributed by atoms with van der Waals surface area (Å²) in [4.78, 5) is 2.36. The van der Waals surface area contributed by atoms with E-state index >= 15 is 0 Å². The molecule has 1 saturated heterocycles. The lowest BCUT2D eigenvalue weighted by Crippen LogP contribution is -2.48. The summed E-state index contributed by atoms with van der Waals surface area (Å²) < 4.78 is 0. The molecule has 1 unspecified atom stereocenters. The minimum absolute atomic E-state index is 0.193. The average Bonchev–Trinajstić information content (AvgIpc) is 2.21. The van der Waals surface area contributed by atoms with Gasteiger partial charge in [0.2, 0.25) is 0 Å². The molecular formula is C16H25NO. The third kappa shape index (κ3) is 3.82. The molecule has 2 rings (SSSR count). The monoisotopic (exact) mass is 247 g/mol. The molecule has 2 heteroatoms. The van der Waals surface area contributed by atoms with Gasteiger partial charge in [0.25, 0.3) is 0 Å². The summed E-state index contributed by atoms with van der Waals surface area (Å²) in [7, 11) is 0. The zero-order valence-electron chi connectivity index (χ0n) is 11.8. The maximum atomic E-state index is 10.0. The van der Waals surface area contributed by atoms with Gasteiger partial charge in [0.1, 0.15) is 0 Å². The third-order valence-electron chi connectivity index (χ3n) is 3.55. The summed E-state index contributed by atoms with van der Waals surface area (Å²) in [6.45, 7) is 9.54. The number of hydrogen-bond donors (Lipinski definition) is 1. The van der Waals surface area contributed by atoms with Gasteiger partial charge in [-0.2, -0.15) is 0 Å². The Hall–Kier alpha value is -0.860. The zero-order chi connectivity index (χ0) is 13.2. The molecule has 2 nitrogen and oxygen atoms in total. The number of nitrogens with zero attached hydrogens (tertiary/aromatic N) is 1. The van der Waals surface area contributed by atoms with Crippen molar-refractivity contribution in [2.45, 2.75) is 39.2 Å². The van der Waals surface area contributed by atoms with Crippen LogP contribution in [0.25, 0.3) is 0 Å². The smallest absolute Gasteiger partial charge is 0.0672 e. The van der Waals surface area contributed by atoms with E-state index in [0.717, 1.165) is 26.1 Å². The number of rotatable bonds is 4. The van der Waals surface area contributed by atoms with Crippen LogP contribution in [0.5, 0.6) is 0 Å². The van der Waals surface area contributed by atoms with Crippen molar-refractivity contribution in [3.63, 3.8) is 0 Å². The third-order valence-corrected chi connectivity index (χ3v) is 3.55. The maximum Gasteiger partial charge on any atom is 0.0672 e. The molecule has 0 radical (unpaired) electrons. The van der Waals surface area contributed by atoms with Crippen LogP contribution in [-0.2, 0) is 0 Å². The summed E-state index contributed by atoms with van der Waals surface area (Å²) in [6.07, 6.45) is 0.682. The van der Waals surface area contributed by atoms with Crippen LogP contribution in [0.4, 0.5) is 0 Å². The minimum atomic E-state index is -0.193. The second-order valence-corrected chi connectivity index (χ2v) is 6.74. The van der Waals surface area contributed by atoms with E-state index < -0.39 is 0 Å². The van der Waals surface area contributed by atoms with Gasteiger partial charge in [0.05, 0.1) is 6.10 Å². The fourth-order valence-electron chi connectivity index (χ4n) is 2.72. The highest BCUT2D eigenvalue weighted by molar-refractivity contribution is 5.22. The van der Waals surface area contributed by atoms with Crippen molar-refractivity contribution in [3.8, 4) is 0 Å².